The SMILES string of the molecule is COC(=O)[C@H](Cc1ccccc1)NC(=O)[C]1[CH][CH][CH][C]1P(c1ccccc1)c1ccccc1.[CH]1[CH][CH][CH][CH]1.[Fe+2]. The third-order valence-corrected chi connectivity index (χ3v) is 8.44. The van der Waals surface area contributed by atoms with Crippen molar-refractivity contribution in [2.24, 2.45) is 0 Å². The fourth-order valence-electron chi connectivity index (χ4n) is 4.12. The molecule has 4 nitrogen and oxygen atoms in total. The van der Waals surface area contributed by atoms with E-state index in [-0.39, 0.29) is 23.0 Å². The van der Waals surface area contributed by atoms with E-state index in [1.165, 1.54) is 7.11 Å². The van der Waals surface area contributed by atoms with Gasteiger partial charge in [0, 0.05) is 12.1 Å². The molecule has 3 aromatic carbocycles. The molecule has 0 unspecified atom stereocenters. The normalized spacial score (nSPS) is 16.1. The number of methoxy groups -OCH3 is 1. The Hall–Kier alpha value is -2.45. The molecule has 0 aliphatic heterocycles. The largest absolute Gasteiger partial charge is 2.00 e. The fourth-order valence-corrected chi connectivity index (χ4v) is 6.57. The molecule has 2 aliphatic rings. The van der Waals surface area contributed by atoms with Crippen LogP contribution in [0.2, 0.25) is 0 Å². The van der Waals surface area contributed by atoms with Crippen LogP contribution in [0.3, 0.4) is 0 Å². The molecule has 1 atom stereocenters. The van der Waals surface area contributed by atoms with E-state index in [1.807, 2.05) is 118 Å². The summed E-state index contributed by atoms with van der Waals surface area (Å²) in [4.78, 5) is 25.9. The number of rotatable bonds is 8. The topological polar surface area (TPSA) is 55.4 Å². The van der Waals surface area contributed by atoms with Gasteiger partial charge in [-0.05, 0) is 75.5 Å². The van der Waals surface area contributed by atoms with Crippen LogP contribution in [0.4, 0.5) is 0 Å². The maximum Gasteiger partial charge on any atom is 2.00 e. The minimum atomic E-state index is -0.931. The molecule has 0 saturated heterocycles. The Kier molecular flexibility index (Phi) is 13.2. The Morgan fingerprint density at radius 2 is 1.21 bits per heavy atom. The van der Waals surface area contributed by atoms with Gasteiger partial charge in [0.15, 0.2) is 0 Å². The molecule has 1 amide bonds. The minimum absolute atomic E-state index is 0. The first kappa shape index (κ1) is 31.1. The molecule has 0 aromatic heterocycles. The monoisotopic (exact) mass is 575 g/mol. The van der Waals surface area contributed by atoms with Crippen LogP contribution >= 0.6 is 7.92 Å². The number of amides is 1. The standard InChI is InChI=1S/C28H25NO3P.C5H5.Fe/c1-32-28(31)25(20-21-12-5-2-6-13-21)29-27(30)24-18-11-19-26(24)33(22-14-7-3-8-15-22)23-16-9-4-10-17-23;1-2-4-5-3-1;/h2-19,25H,20H2,1H3,(H,29,30);1-5H;/q;;+2/t25-;;/m0../s1. The van der Waals surface area contributed by atoms with E-state index in [0.29, 0.717) is 12.3 Å². The van der Waals surface area contributed by atoms with Gasteiger partial charge in [-0.15, -0.1) is 0 Å². The van der Waals surface area contributed by atoms with Crippen molar-refractivity contribution in [3.63, 3.8) is 0 Å². The van der Waals surface area contributed by atoms with Gasteiger partial charge in [-0.1, -0.05) is 91.0 Å². The fraction of sp³-hybridized carbons (Fsp3) is 0.0909. The van der Waals surface area contributed by atoms with Crippen LogP contribution in [0, 0.1) is 62.9 Å². The molecule has 10 radical (unpaired) electrons. The molecular formula is C33H30FeNO3P+2. The van der Waals surface area contributed by atoms with Crippen molar-refractivity contribution in [1.29, 1.82) is 0 Å². The zero-order valence-electron chi connectivity index (χ0n) is 21.6. The van der Waals surface area contributed by atoms with Gasteiger partial charge in [0.1, 0.15) is 6.04 Å². The second-order valence-electron chi connectivity index (χ2n) is 8.53. The molecule has 6 heteroatoms. The summed E-state index contributed by atoms with van der Waals surface area (Å²) in [5.74, 6) is -0.162. The van der Waals surface area contributed by atoms with Crippen molar-refractivity contribution in [2.45, 2.75) is 12.5 Å². The summed E-state index contributed by atoms with van der Waals surface area (Å²) >= 11 is 0. The van der Waals surface area contributed by atoms with Gasteiger partial charge in [-0.2, -0.15) is 0 Å². The van der Waals surface area contributed by atoms with Gasteiger partial charge in [-0.25, -0.2) is 4.79 Å². The van der Waals surface area contributed by atoms with Gasteiger partial charge in [0.2, 0.25) is 5.91 Å². The molecule has 5 rings (SSSR count). The average Bonchev–Trinajstić information content (AvgIpc) is 3.70. The van der Waals surface area contributed by atoms with E-state index in [4.69, 9.17) is 4.74 Å². The quantitative estimate of drug-likeness (QED) is 0.239. The second-order valence-corrected chi connectivity index (χ2v) is 10.7. The minimum Gasteiger partial charge on any atom is -0.467 e. The summed E-state index contributed by atoms with van der Waals surface area (Å²) < 4.78 is 4.97. The first-order valence-electron chi connectivity index (χ1n) is 12.4. The molecule has 196 valence electrons. The number of esters is 1. The summed E-state index contributed by atoms with van der Waals surface area (Å²) in [6, 6.07) is 29.3. The number of hydrogen-bond donors (Lipinski definition) is 1. The van der Waals surface area contributed by atoms with Crippen molar-refractivity contribution in [3.05, 3.63) is 160 Å². The van der Waals surface area contributed by atoms with Crippen LogP contribution in [0.5, 0.6) is 0 Å². The van der Waals surface area contributed by atoms with E-state index in [9.17, 15) is 9.59 Å². The van der Waals surface area contributed by atoms with Crippen LogP contribution in [-0.4, -0.2) is 25.0 Å². The van der Waals surface area contributed by atoms with Crippen LogP contribution in [0.15, 0.2) is 91.0 Å². The van der Waals surface area contributed by atoms with Crippen molar-refractivity contribution in [3.8, 4) is 0 Å². The van der Waals surface area contributed by atoms with Gasteiger partial charge >= 0.3 is 23.0 Å². The number of nitrogens with one attached hydrogen (secondary N) is 1. The van der Waals surface area contributed by atoms with Crippen molar-refractivity contribution < 1.29 is 31.4 Å². The zero-order chi connectivity index (χ0) is 26.6. The molecule has 0 heterocycles. The van der Waals surface area contributed by atoms with Crippen molar-refractivity contribution in [1.82, 2.24) is 5.32 Å². The summed E-state index contributed by atoms with van der Waals surface area (Å²) in [6.45, 7) is 0. The summed E-state index contributed by atoms with van der Waals surface area (Å²) in [6.07, 6.45) is 16.1. The molecule has 3 aromatic rings. The Morgan fingerprint density at radius 3 is 1.69 bits per heavy atom. The Morgan fingerprint density at radius 1 is 0.718 bits per heavy atom. The average molecular weight is 575 g/mol. The first-order chi connectivity index (χ1) is 18.7. The van der Waals surface area contributed by atoms with Crippen molar-refractivity contribution in [2.75, 3.05) is 7.11 Å². The molecule has 1 N–H and O–H groups in total. The van der Waals surface area contributed by atoms with Gasteiger partial charge in [0.25, 0.3) is 0 Å². The Bertz CT molecular complexity index is 1080. The predicted molar refractivity (Wildman–Crippen MR) is 154 cm³/mol. The van der Waals surface area contributed by atoms with Crippen LogP contribution < -0.4 is 15.9 Å². The molecule has 2 fully saturated rings. The molecule has 0 bridgehead atoms. The molecule has 0 spiro atoms. The van der Waals surface area contributed by atoms with E-state index in [0.717, 1.165) is 21.8 Å². The zero-order valence-corrected chi connectivity index (χ0v) is 23.6. The van der Waals surface area contributed by atoms with E-state index < -0.39 is 19.9 Å². The first-order valence-corrected chi connectivity index (χ1v) is 13.8. The van der Waals surface area contributed by atoms with Gasteiger partial charge in [0.05, 0.1) is 13.0 Å². The van der Waals surface area contributed by atoms with Crippen molar-refractivity contribution >= 4 is 30.4 Å². The number of carbonyl (C=O) groups excluding carboxylic acids is 2. The number of ether oxygens (including phenoxy) is 1. The second kappa shape index (κ2) is 16.6. The number of benzene rings is 3. The van der Waals surface area contributed by atoms with Crippen LogP contribution in [-0.2, 0) is 37.8 Å². The number of carbonyl (C=O) groups is 2. The molecule has 2 saturated carbocycles. The third-order valence-electron chi connectivity index (χ3n) is 5.94. The van der Waals surface area contributed by atoms with E-state index in [1.54, 1.807) is 0 Å². The van der Waals surface area contributed by atoms with Gasteiger partial charge in [-0.3, -0.25) is 4.79 Å². The summed E-state index contributed by atoms with van der Waals surface area (Å²) in [7, 11) is 0.407. The summed E-state index contributed by atoms with van der Waals surface area (Å²) in [5, 5.41) is 5.23. The third kappa shape index (κ3) is 9.03. The Balaban J connectivity index is 0.000000630. The Labute approximate surface area is 245 Å². The van der Waals surface area contributed by atoms with Crippen LogP contribution in [0.25, 0.3) is 0 Å². The van der Waals surface area contributed by atoms with E-state index in [2.05, 4.69) is 29.6 Å². The molecular weight excluding hydrogens is 545 g/mol. The maximum absolute atomic E-state index is 13.4. The predicted octanol–water partition coefficient (Wildman–Crippen LogP) is 4.77. The van der Waals surface area contributed by atoms with Gasteiger partial charge < -0.3 is 10.1 Å². The van der Waals surface area contributed by atoms with Crippen LogP contribution in [0.1, 0.15) is 5.56 Å². The van der Waals surface area contributed by atoms with E-state index >= 15 is 0 Å². The maximum atomic E-state index is 13.4. The number of hydrogen-bond acceptors (Lipinski definition) is 3. The summed E-state index contributed by atoms with van der Waals surface area (Å²) in [5.41, 5.74) is 1.91. The smallest absolute Gasteiger partial charge is 0.467 e. The molecule has 39 heavy (non-hydrogen) atoms. The molecule has 2 aliphatic carbocycles.